The van der Waals surface area contributed by atoms with Gasteiger partial charge in [-0.25, -0.2) is 4.99 Å². The number of aliphatic hydroxyl groups excluding tert-OH is 1. The predicted octanol–water partition coefficient (Wildman–Crippen LogP) is 3.55. The molecule has 3 unspecified atom stereocenters. The first-order valence-electron chi connectivity index (χ1n) is 14.0. The second-order valence-corrected chi connectivity index (χ2v) is 11.2. The van der Waals surface area contributed by atoms with Crippen molar-refractivity contribution in [3.8, 4) is 11.5 Å². The number of carbonyl (C=O) groups excluding carboxylic acids is 2. The number of nitrogens with two attached hydrogens (primary N) is 1. The lowest BCUT2D eigenvalue weighted by molar-refractivity contribution is -0.132. The molecule has 9 nitrogen and oxygen atoms in total. The van der Waals surface area contributed by atoms with Crippen LogP contribution in [0, 0.1) is 0 Å². The van der Waals surface area contributed by atoms with Gasteiger partial charge >= 0.3 is 0 Å². The van der Waals surface area contributed by atoms with Gasteiger partial charge in [0.1, 0.15) is 23.7 Å². The molecule has 0 fully saturated rings. The van der Waals surface area contributed by atoms with E-state index in [2.05, 4.69) is 12.2 Å². The third-order valence-electron chi connectivity index (χ3n) is 8.79. The highest BCUT2D eigenvalue weighted by Gasteiger charge is 2.43. The number of hydrogen-bond donors (Lipinski definition) is 3. The lowest BCUT2D eigenvalue weighted by Gasteiger charge is -2.42. The number of benzene rings is 2. The number of ether oxygens (including phenoxy) is 2. The third kappa shape index (κ3) is 4.52. The lowest BCUT2D eigenvalue weighted by atomic mass is 9.84. The average Bonchev–Trinajstić information content (AvgIpc) is 2.92. The van der Waals surface area contributed by atoms with Crippen LogP contribution >= 0.6 is 0 Å². The van der Waals surface area contributed by atoms with Crippen molar-refractivity contribution in [2.75, 3.05) is 6.61 Å². The fraction of sp³-hybridized carbons (Fsp3) is 0.500. The van der Waals surface area contributed by atoms with Gasteiger partial charge in [-0.15, -0.1) is 0 Å². The van der Waals surface area contributed by atoms with Crippen molar-refractivity contribution in [3.63, 3.8) is 0 Å². The number of fused-ring (bicyclic) bond motifs is 5. The number of rotatable bonds is 1. The maximum atomic E-state index is 13.6. The molecule has 2 aromatic rings. The van der Waals surface area contributed by atoms with Gasteiger partial charge in [-0.05, 0) is 68.5 Å². The first-order valence-corrected chi connectivity index (χ1v) is 14.0. The lowest BCUT2D eigenvalue weighted by Crippen LogP contribution is -2.53. The smallest absolute Gasteiger partial charge is 0.251 e. The summed E-state index contributed by atoms with van der Waals surface area (Å²) in [6.45, 7) is 4.30. The summed E-state index contributed by atoms with van der Waals surface area (Å²) in [6, 6.07) is 10.3. The topological polar surface area (TPSA) is 126 Å². The average molecular weight is 533 g/mol. The predicted molar refractivity (Wildman–Crippen MR) is 146 cm³/mol. The minimum Gasteiger partial charge on any atom is -0.493 e. The molecule has 9 heteroatoms. The Morgan fingerprint density at radius 2 is 1.97 bits per heavy atom. The Hall–Kier alpha value is -3.59. The highest BCUT2D eigenvalue weighted by molar-refractivity contribution is 6.00. The van der Waals surface area contributed by atoms with Gasteiger partial charge in [-0.3, -0.25) is 14.5 Å². The molecule has 0 saturated heterocycles. The molecular weight excluding hydrogens is 496 g/mol. The Morgan fingerprint density at radius 1 is 1.15 bits per heavy atom. The summed E-state index contributed by atoms with van der Waals surface area (Å²) in [6.07, 6.45) is 3.62. The van der Waals surface area contributed by atoms with E-state index in [1.807, 2.05) is 18.2 Å². The van der Waals surface area contributed by atoms with E-state index >= 15 is 0 Å². The van der Waals surface area contributed by atoms with Crippen LogP contribution in [0.4, 0.5) is 0 Å². The number of aryl methyl sites for hydroxylation is 1. The van der Waals surface area contributed by atoms with Crippen LogP contribution in [0.25, 0.3) is 0 Å². The van der Waals surface area contributed by atoms with Crippen molar-refractivity contribution in [1.29, 1.82) is 0 Å². The van der Waals surface area contributed by atoms with Crippen LogP contribution in [0.2, 0.25) is 0 Å². The number of nitrogens with one attached hydrogen (secondary N) is 1. The van der Waals surface area contributed by atoms with Crippen LogP contribution in [0.3, 0.4) is 0 Å². The molecular formula is C30H36N4O5. The SMILES string of the molecule is CC[C@@]12CCCCc3ccc4c(c3)C(NC(=O)c3ccc5c(c3)[C@@H](CCO5)N(C(=O)C1)C(N)=N2)C(O)C(C)O4. The van der Waals surface area contributed by atoms with Gasteiger partial charge in [0.15, 0.2) is 5.96 Å². The van der Waals surface area contributed by atoms with Crippen LogP contribution in [-0.2, 0) is 11.2 Å². The Morgan fingerprint density at radius 3 is 2.77 bits per heavy atom. The largest absolute Gasteiger partial charge is 0.493 e. The first-order chi connectivity index (χ1) is 18.8. The standard InChI is InChI=1S/C30H36N4O5/c1-3-30-12-5-4-6-18-7-9-24-21(14-18)26(27(36)17(2)39-24)32-28(37)19-8-10-23-20(15-19)22(11-13-38-23)34(25(35)16-30)29(31)33-30/h7-10,14-15,17,22,26-27,36H,3-6,11-13,16H2,1-2H3,(H2,31,33)(H,32,37)/t17?,22-,26?,27?,30-/m1/s1. The minimum atomic E-state index is -0.907. The van der Waals surface area contributed by atoms with Gasteiger partial charge in [-0.1, -0.05) is 19.4 Å². The highest BCUT2D eigenvalue weighted by Crippen LogP contribution is 2.41. The van der Waals surface area contributed by atoms with Gasteiger partial charge in [0.05, 0.1) is 30.7 Å². The van der Waals surface area contributed by atoms with Crippen LogP contribution in [-0.4, -0.2) is 52.1 Å². The number of guanidine groups is 1. The number of nitrogens with zero attached hydrogens (tertiary/aromatic N) is 2. The Labute approximate surface area is 228 Å². The van der Waals surface area contributed by atoms with Crippen LogP contribution in [0.1, 0.15) is 91.5 Å². The first kappa shape index (κ1) is 25.7. The number of carbonyl (C=O) groups is 2. The zero-order valence-corrected chi connectivity index (χ0v) is 22.5. The van der Waals surface area contributed by atoms with Crippen LogP contribution in [0.15, 0.2) is 41.4 Å². The molecule has 0 spiro atoms. The van der Waals surface area contributed by atoms with Gasteiger partial charge in [0.2, 0.25) is 5.91 Å². The molecule has 4 N–H and O–H groups in total. The number of aliphatic imine (C=N–C) groups is 1. The van der Waals surface area contributed by atoms with E-state index < -0.39 is 23.8 Å². The van der Waals surface area contributed by atoms with Crippen molar-refractivity contribution in [3.05, 3.63) is 58.7 Å². The summed E-state index contributed by atoms with van der Waals surface area (Å²) in [5.74, 6) is 1.17. The summed E-state index contributed by atoms with van der Waals surface area (Å²) in [7, 11) is 0. The minimum absolute atomic E-state index is 0.0438. The van der Waals surface area contributed by atoms with Gasteiger partial charge in [-0.2, -0.15) is 0 Å². The zero-order valence-electron chi connectivity index (χ0n) is 22.5. The number of aliphatic hydroxyl groups is 1. The van der Waals surface area contributed by atoms with E-state index in [9.17, 15) is 14.7 Å². The molecule has 206 valence electrons. The quantitative estimate of drug-likeness (QED) is 0.516. The van der Waals surface area contributed by atoms with E-state index in [0.29, 0.717) is 36.5 Å². The van der Waals surface area contributed by atoms with Crippen molar-refractivity contribution < 1.29 is 24.2 Å². The number of amides is 2. The molecule has 5 atom stereocenters. The molecule has 0 aliphatic carbocycles. The molecule has 6 bridgehead atoms. The molecule has 0 radical (unpaired) electrons. The second kappa shape index (κ2) is 9.86. The van der Waals surface area contributed by atoms with E-state index in [-0.39, 0.29) is 23.8 Å². The van der Waals surface area contributed by atoms with Gasteiger partial charge in [0.25, 0.3) is 5.91 Å². The molecule has 5 aliphatic heterocycles. The van der Waals surface area contributed by atoms with Gasteiger partial charge < -0.3 is 25.6 Å². The van der Waals surface area contributed by atoms with Crippen LogP contribution in [0.5, 0.6) is 11.5 Å². The Kier molecular flexibility index (Phi) is 6.49. The summed E-state index contributed by atoms with van der Waals surface area (Å²) in [4.78, 5) is 33.7. The summed E-state index contributed by atoms with van der Waals surface area (Å²) < 4.78 is 11.9. The fourth-order valence-corrected chi connectivity index (χ4v) is 6.47. The Balaban J connectivity index is 1.45. The number of hydrogen-bond acceptors (Lipinski definition) is 7. The van der Waals surface area contributed by atoms with E-state index in [4.69, 9.17) is 20.2 Å². The maximum absolute atomic E-state index is 13.6. The van der Waals surface area contributed by atoms with Crippen LogP contribution < -0.4 is 20.5 Å². The van der Waals surface area contributed by atoms with E-state index in [1.165, 1.54) is 0 Å². The monoisotopic (exact) mass is 532 g/mol. The second-order valence-electron chi connectivity index (χ2n) is 11.2. The zero-order chi connectivity index (χ0) is 27.3. The van der Waals surface area contributed by atoms with Crippen molar-refractivity contribution >= 4 is 17.8 Å². The third-order valence-corrected chi connectivity index (χ3v) is 8.79. The molecule has 5 heterocycles. The maximum Gasteiger partial charge on any atom is 0.251 e. The fourth-order valence-electron chi connectivity index (χ4n) is 6.47. The highest BCUT2D eigenvalue weighted by atomic mass is 16.5. The molecule has 2 aromatic carbocycles. The molecule has 0 saturated carbocycles. The molecule has 2 amide bonds. The molecule has 5 aliphatic rings. The molecule has 0 aromatic heterocycles. The molecule has 39 heavy (non-hydrogen) atoms. The normalized spacial score (nSPS) is 30.3. The van der Waals surface area contributed by atoms with Gasteiger partial charge in [0, 0.05) is 23.1 Å². The van der Waals surface area contributed by atoms with Crippen molar-refractivity contribution in [2.24, 2.45) is 10.7 Å². The summed E-state index contributed by atoms with van der Waals surface area (Å²) in [5.41, 5.74) is 9.04. The summed E-state index contributed by atoms with van der Waals surface area (Å²) >= 11 is 0. The van der Waals surface area contributed by atoms with Crippen molar-refractivity contribution in [2.45, 2.75) is 88.6 Å². The summed E-state index contributed by atoms with van der Waals surface area (Å²) in [5, 5.41) is 14.1. The van der Waals surface area contributed by atoms with E-state index in [1.54, 1.807) is 30.0 Å². The Bertz CT molecular complexity index is 1340. The molecule has 7 rings (SSSR count). The van der Waals surface area contributed by atoms with Crippen molar-refractivity contribution in [1.82, 2.24) is 10.2 Å². The van der Waals surface area contributed by atoms with E-state index in [0.717, 1.165) is 48.8 Å².